The Balaban J connectivity index is 1.57. The molecule has 0 unspecified atom stereocenters. The van der Waals surface area contributed by atoms with Crippen LogP contribution in [0.4, 0.5) is 10.5 Å². The maximum Gasteiger partial charge on any atom is 0.319 e. The fourth-order valence-corrected chi connectivity index (χ4v) is 2.83. The van der Waals surface area contributed by atoms with E-state index in [0.29, 0.717) is 22.6 Å². The number of nitrogens with zero attached hydrogens (tertiary/aromatic N) is 4. The minimum Gasteiger partial charge on any atom is -0.331 e. The van der Waals surface area contributed by atoms with Gasteiger partial charge in [-0.05, 0) is 35.4 Å². The normalized spacial score (nSPS) is 15.0. The highest BCUT2D eigenvalue weighted by Crippen LogP contribution is 2.29. The molecule has 1 fully saturated rings. The number of benzene rings is 1. The third-order valence-corrected chi connectivity index (χ3v) is 4.09. The van der Waals surface area contributed by atoms with Crippen LogP contribution in [0.5, 0.6) is 0 Å². The summed E-state index contributed by atoms with van der Waals surface area (Å²) in [5.74, 6) is 0.668. The molecule has 0 radical (unpaired) electrons. The second-order valence-corrected chi connectivity index (χ2v) is 5.67. The quantitative estimate of drug-likeness (QED) is 0.907. The van der Waals surface area contributed by atoms with Crippen LogP contribution in [0.25, 0.3) is 0 Å². The lowest BCUT2D eigenvalue weighted by Gasteiger charge is -2.12. The number of para-hydroxylation sites is 1. The lowest BCUT2D eigenvalue weighted by atomic mass is 10.2. The van der Waals surface area contributed by atoms with E-state index >= 15 is 0 Å². The van der Waals surface area contributed by atoms with Gasteiger partial charge in [-0.3, -0.25) is 0 Å². The van der Waals surface area contributed by atoms with Crippen LogP contribution in [0.15, 0.2) is 24.3 Å². The molecule has 0 spiro atoms. The zero-order valence-corrected chi connectivity index (χ0v) is 12.8. The molecule has 1 aromatic carbocycles. The van der Waals surface area contributed by atoms with Crippen molar-refractivity contribution in [2.75, 3.05) is 5.32 Å². The van der Waals surface area contributed by atoms with Crippen molar-refractivity contribution in [2.24, 2.45) is 0 Å². The molecule has 1 aliphatic rings. The van der Waals surface area contributed by atoms with Gasteiger partial charge < -0.3 is 10.6 Å². The Bertz CT molecular complexity index is 652. The Morgan fingerprint density at radius 2 is 2.09 bits per heavy atom. The largest absolute Gasteiger partial charge is 0.331 e. The Morgan fingerprint density at radius 1 is 1.32 bits per heavy atom. The third kappa shape index (κ3) is 3.36. The number of hydrogen-bond donors (Lipinski definition) is 2. The van der Waals surface area contributed by atoms with Gasteiger partial charge in [-0.1, -0.05) is 36.6 Å². The number of halogens is 1. The fourth-order valence-electron chi connectivity index (χ4n) is 2.65. The summed E-state index contributed by atoms with van der Waals surface area (Å²) in [7, 11) is 0. The first-order valence-corrected chi connectivity index (χ1v) is 7.68. The predicted molar refractivity (Wildman–Crippen MR) is 82.6 cm³/mol. The van der Waals surface area contributed by atoms with Gasteiger partial charge in [0.05, 0.1) is 23.3 Å². The van der Waals surface area contributed by atoms with Crippen molar-refractivity contribution in [1.82, 2.24) is 25.5 Å². The van der Waals surface area contributed by atoms with Gasteiger partial charge in [-0.2, -0.15) is 0 Å². The lowest BCUT2D eigenvalue weighted by molar-refractivity contribution is 0.251. The van der Waals surface area contributed by atoms with Crippen LogP contribution in [0.2, 0.25) is 5.02 Å². The first-order valence-electron chi connectivity index (χ1n) is 7.30. The molecule has 2 aromatic rings. The average Bonchev–Trinajstić information content (AvgIpc) is 3.18. The summed E-state index contributed by atoms with van der Waals surface area (Å²) in [5, 5.41) is 17.7. The van der Waals surface area contributed by atoms with Crippen molar-refractivity contribution in [3.63, 3.8) is 0 Å². The molecule has 1 saturated carbocycles. The van der Waals surface area contributed by atoms with Crippen LogP contribution in [0.1, 0.15) is 37.5 Å². The first kappa shape index (κ1) is 14.8. The molecule has 1 heterocycles. The number of carbonyl (C=O) groups excluding carboxylic acids is 1. The molecule has 1 aromatic heterocycles. The highest BCUT2D eigenvalue weighted by Gasteiger charge is 2.21. The maximum absolute atomic E-state index is 11.9. The standard InChI is InChI=1S/C14H17ClN6O/c15-11-7-3-4-8-12(11)17-14(22)16-9-13-18-19-20-21(13)10-5-1-2-6-10/h3-4,7-8,10H,1-2,5-6,9H2,(H2,16,17,22). The number of rotatable bonds is 4. The van der Waals surface area contributed by atoms with Gasteiger partial charge in [-0.15, -0.1) is 5.10 Å². The third-order valence-electron chi connectivity index (χ3n) is 3.76. The van der Waals surface area contributed by atoms with E-state index in [1.165, 1.54) is 12.8 Å². The van der Waals surface area contributed by atoms with Gasteiger partial charge in [0.1, 0.15) is 0 Å². The van der Waals surface area contributed by atoms with Gasteiger partial charge in [-0.25, -0.2) is 9.48 Å². The maximum atomic E-state index is 11.9. The smallest absolute Gasteiger partial charge is 0.319 e. The van der Waals surface area contributed by atoms with E-state index in [1.807, 2.05) is 10.7 Å². The number of amides is 2. The van der Waals surface area contributed by atoms with Crippen molar-refractivity contribution in [1.29, 1.82) is 0 Å². The molecule has 0 aliphatic heterocycles. The predicted octanol–water partition coefficient (Wildman–Crippen LogP) is 2.76. The highest BCUT2D eigenvalue weighted by atomic mass is 35.5. The van der Waals surface area contributed by atoms with Crippen LogP contribution in [0, 0.1) is 0 Å². The Labute approximate surface area is 133 Å². The molecule has 22 heavy (non-hydrogen) atoms. The van der Waals surface area contributed by atoms with Gasteiger partial charge in [0.2, 0.25) is 0 Å². The van der Waals surface area contributed by atoms with E-state index in [4.69, 9.17) is 11.6 Å². The SMILES string of the molecule is O=C(NCc1nnnn1C1CCCC1)Nc1ccccc1Cl. The van der Waals surface area contributed by atoms with Crippen molar-refractivity contribution < 1.29 is 4.79 Å². The summed E-state index contributed by atoms with van der Waals surface area (Å²) < 4.78 is 1.82. The second-order valence-electron chi connectivity index (χ2n) is 5.27. The summed E-state index contributed by atoms with van der Waals surface area (Å²) in [6, 6.07) is 7.08. The molecule has 1 aliphatic carbocycles. The van der Waals surface area contributed by atoms with Crippen LogP contribution in [0.3, 0.4) is 0 Å². The minimum absolute atomic E-state index is 0.278. The second kappa shape index (κ2) is 6.74. The molecule has 8 heteroatoms. The van der Waals surface area contributed by atoms with Crippen molar-refractivity contribution in [3.8, 4) is 0 Å². The highest BCUT2D eigenvalue weighted by molar-refractivity contribution is 6.33. The zero-order chi connectivity index (χ0) is 15.4. The Hall–Kier alpha value is -2.15. The Kier molecular flexibility index (Phi) is 4.53. The summed E-state index contributed by atoms with van der Waals surface area (Å²) in [5.41, 5.74) is 0.567. The van der Waals surface area contributed by atoms with Gasteiger partial charge in [0.25, 0.3) is 0 Å². The van der Waals surface area contributed by atoms with Gasteiger partial charge >= 0.3 is 6.03 Å². The number of carbonyl (C=O) groups is 1. The van der Waals surface area contributed by atoms with Crippen LogP contribution in [-0.4, -0.2) is 26.2 Å². The Morgan fingerprint density at radius 3 is 2.86 bits per heavy atom. The molecule has 2 amide bonds. The zero-order valence-electron chi connectivity index (χ0n) is 12.0. The van der Waals surface area contributed by atoms with E-state index in [1.54, 1.807) is 18.2 Å². The van der Waals surface area contributed by atoms with Crippen molar-refractivity contribution in [3.05, 3.63) is 35.1 Å². The topological polar surface area (TPSA) is 84.7 Å². The van der Waals surface area contributed by atoms with E-state index in [9.17, 15) is 4.79 Å². The molecule has 3 rings (SSSR count). The molecular weight excluding hydrogens is 304 g/mol. The molecule has 116 valence electrons. The minimum atomic E-state index is -0.339. The van der Waals surface area contributed by atoms with E-state index in [-0.39, 0.29) is 12.6 Å². The molecule has 0 saturated heterocycles. The van der Waals surface area contributed by atoms with Crippen molar-refractivity contribution in [2.45, 2.75) is 38.3 Å². The summed E-state index contributed by atoms with van der Waals surface area (Å²) >= 11 is 6.00. The number of nitrogens with one attached hydrogen (secondary N) is 2. The van der Waals surface area contributed by atoms with Crippen molar-refractivity contribution >= 4 is 23.3 Å². The number of hydrogen-bond acceptors (Lipinski definition) is 4. The van der Waals surface area contributed by atoms with Crippen LogP contribution >= 0.6 is 11.6 Å². The summed E-state index contributed by atoms with van der Waals surface area (Å²) in [4.78, 5) is 11.9. The number of aromatic nitrogens is 4. The summed E-state index contributed by atoms with van der Waals surface area (Å²) in [6.07, 6.45) is 4.57. The van der Waals surface area contributed by atoms with Crippen LogP contribution < -0.4 is 10.6 Å². The number of anilines is 1. The number of tetrazole rings is 1. The van der Waals surface area contributed by atoms with E-state index in [0.717, 1.165) is 12.8 Å². The van der Waals surface area contributed by atoms with Gasteiger partial charge in [0, 0.05) is 0 Å². The lowest BCUT2D eigenvalue weighted by Crippen LogP contribution is -2.30. The summed E-state index contributed by atoms with van der Waals surface area (Å²) in [6.45, 7) is 0.278. The average molecular weight is 321 g/mol. The van der Waals surface area contributed by atoms with E-state index in [2.05, 4.69) is 26.2 Å². The van der Waals surface area contributed by atoms with Gasteiger partial charge in [0.15, 0.2) is 5.82 Å². The monoisotopic (exact) mass is 320 g/mol. The van der Waals surface area contributed by atoms with Crippen LogP contribution in [-0.2, 0) is 6.54 Å². The molecular formula is C14H17ClN6O. The molecule has 2 N–H and O–H groups in total. The number of urea groups is 1. The first-order chi connectivity index (χ1) is 10.7. The van der Waals surface area contributed by atoms with E-state index < -0.39 is 0 Å². The molecule has 0 atom stereocenters. The molecule has 7 nitrogen and oxygen atoms in total. The fraction of sp³-hybridized carbons (Fsp3) is 0.429. The molecule has 0 bridgehead atoms.